The maximum atomic E-state index is 2.45. The fourth-order valence-corrected chi connectivity index (χ4v) is 10.5. The first kappa shape index (κ1) is 35.2. The summed E-state index contributed by atoms with van der Waals surface area (Å²) in [7, 11) is 0. The number of aromatic nitrogens is 1. The highest BCUT2D eigenvalue weighted by molar-refractivity contribution is 7.25. The van der Waals surface area contributed by atoms with Crippen LogP contribution in [0.25, 0.3) is 91.8 Å². The van der Waals surface area contributed by atoms with Crippen LogP contribution in [0.3, 0.4) is 0 Å². The number of anilines is 3. The summed E-state index contributed by atoms with van der Waals surface area (Å²) in [5.74, 6) is 0. The van der Waals surface area contributed by atoms with Gasteiger partial charge in [-0.25, -0.2) is 0 Å². The van der Waals surface area contributed by atoms with Gasteiger partial charge in [0.2, 0.25) is 0 Å². The smallest absolute Gasteiger partial charge is 0.0547 e. The van der Waals surface area contributed by atoms with Gasteiger partial charge in [0, 0.05) is 53.4 Å². The number of para-hydroxylation sites is 1. The summed E-state index contributed by atoms with van der Waals surface area (Å²) in [5.41, 5.74) is 14.1. The van der Waals surface area contributed by atoms with E-state index in [1.807, 2.05) is 11.3 Å². The summed E-state index contributed by atoms with van der Waals surface area (Å²) in [6.45, 7) is 0. The lowest BCUT2D eigenvalue weighted by Crippen LogP contribution is -2.10. The molecule has 0 amide bonds. The average molecular weight is 795 g/mol. The molecule has 3 heteroatoms. The molecule has 61 heavy (non-hydrogen) atoms. The molecule has 0 fully saturated rings. The van der Waals surface area contributed by atoms with Gasteiger partial charge in [0.25, 0.3) is 0 Å². The molecule has 0 spiro atoms. The van der Waals surface area contributed by atoms with Gasteiger partial charge in [0.1, 0.15) is 0 Å². The van der Waals surface area contributed by atoms with E-state index >= 15 is 0 Å². The van der Waals surface area contributed by atoms with Crippen molar-refractivity contribution in [1.29, 1.82) is 0 Å². The third kappa shape index (κ3) is 6.01. The summed E-state index contributed by atoms with van der Waals surface area (Å²) in [6.07, 6.45) is 0. The number of benzene rings is 10. The number of thiophene rings is 1. The quantitative estimate of drug-likeness (QED) is 0.156. The van der Waals surface area contributed by atoms with E-state index in [0.29, 0.717) is 0 Å². The van der Waals surface area contributed by atoms with Crippen molar-refractivity contribution < 1.29 is 0 Å². The van der Waals surface area contributed by atoms with E-state index in [0.717, 1.165) is 22.6 Å². The van der Waals surface area contributed by atoms with Gasteiger partial charge < -0.3 is 9.47 Å². The molecule has 0 unspecified atom stereocenters. The Balaban J connectivity index is 1.00. The topological polar surface area (TPSA) is 8.17 Å². The molecule has 2 aromatic heterocycles. The lowest BCUT2D eigenvalue weighted by atomic mass is 9.93. The molecule has 12 rings (SSSR count). The van der Waals surface area contributed by atoms with Crippen LogP contribution in [0.2, 0.25) is 0 Å². The van der Waals surface area contributed by atoms with Crippen molar-refractivity contribution in [3.05, 3.63) is 231 Å². The lowest BCUT2D eigenvalue weighted by Gasteiger charge is -2.26. The first-order valence-electron chi connectivity index (χ1n) is 20.8. The fraction of sp³-hybridized carbons (Fsp3) is 0. The lowest BCUT2D eigenvalue weighted by molar-refractivity contribution is 1.20. The Labute approximate surface area is 358 Å². The van der Waals surface area contributed by atoms with Gasteiger partial charge in [-0.05, 0) is 99.4 Å². The SMILES string of the molecule is c1ccc(-c2ccc(N(c3cccc(-c4ccccc4-c4ccc5c6ccccc6n(-c6cccc7ccccc67)c5c4)c3)c3ccc4c(c3)sc3ccccc34)cc2)cc1. The van der Waals surface area contributed by atoms with E-state index in [2.05, 4.69) is 240 Å². The minimum atomic E-state index is 1.10. The van der Waals surface area contributed by atoms with Crippen LogP contribution in [0.4, 0.5) is 17.1 Å². The van der Waals surface area contributed by atoms with Gasteiger partial charge in [-0.2, -0.15) is 0 Å². The normalized spacial score (nSPS) is 11.6. The van der Waals surface area contributed by atoms with Crippen molar-refractivity contribution in [2.45, 2.75) is 0 Å². The Morgan fingerprint density at radius 3 is 1.72 bits per heavy atom. The van der Waals surface area contributed by atoms with Gasteiger partial charge in [0.15, 0.2) is 0 Å². The Hall–Kier alpha value is -7.72. The number of nitrogens with zero attached hydrogens (tertiary/aromatic N) is 2. The maximum absolute atomic E-state index is 2.45. The maximum Gasteiger partial charge on any atom is 0.0547 e. The molecule has 12 aromatic rings. The Morgan fingerprint density at radius 2 is 0.869 bits per heavy atom. The monoisotopic (exact) mass is 794 g/mol. The molecule has 0 atom stereocenters. The molecule has 0 aliphatic carbocycles. The zero-order valence-electron chi connectivity index (χ0n) is 33.2. The van der Waals surface area contributed by atoms with Crippen LogP contribution in [0.1, 0.15) is 0 Å². The average Bonchev–Trinajstić information content (AvgIpc) is 3.87. The first-order valence-corrected chi connectivity index (χ1v) is 21.6. The number of hydrogen-bond donors (Lipinski definition) is 0. The van der Waals surface area contributed by atoms with Gasteiger partial charge in [0.05, 0.1) is 16.7 Å². The summed E-state index contributed by atoms with van der Waals surface area (Å²) < 4.78 is 5.04. The molecule has 0 aliphatic heterocycles. The van der Waals surface area contributed by atoms with E-state index < -0.39 is 0 Å². The highest BCUT2D eigenvalue weighted by Crippen LogP contribution is 2.44. The van der Waals surface area contributed by atoms with E-state index in [1.165, 1.54) is 86.3 Å². The molecular weight excluding hydrogens is 757 g/mol. The standard InChI is InChI=1S/C58H38N2S/c1-2-14-39(15-3-1)40-28-31-44(32-29-40)59(46-33-35-53-52-24-9-11-27-57(52)61-58(53)38-46)45-19-12-18-42(36-45)47-20-6-7-21-48(47)43-30-34-51-50-23-8-10-25-55(50)60(56(51)37-43)54-26-13-17-41-16-4-5-22-49(41)54/h1-38H. The predicted octanol–water partition coefficient (Wildman–Crippen LogP) is 16.8. The van der Waals surface area contributed by atoms with Crippen LogP contribution in [0, 0.1) is 0 Å². The summed E-state index contributed by atoms with van der Waals surface area (Å²) in [4.78, 5) is 2.40. The summed E-state index contributed by atoms with van der Waals surface area (Å²) in [5, 5.41) is 7.57. The van der Waals surface area contributed by atoms with Crippen molar-refractivity contribution in [3.8, 4) is 39.1 Å². The molecule has 0 saturated carbocycles. The third-order valence-electron chi connectivity index (χ3n) is 12.2. The predicted molar refractivity (Wildman–Crippen MR) is 262 cm³/mol. The number of hydrogen-bond acceptors (Lipinski definition) is 2. The summed E-state index contributed by atoms with van der Waals surface area (Å²) >= 11 is 1.86. The second-order valence-corrected chi connectivity index (χ2v) is 16.8. The molecule has 0 saturated heterocycles. The zero-order valence-corrected chi connectivity index (χ0v) is 34.1. The molecule has 0 N–H and O–H groups in total. The van der Waals surface area contributed by atoms with Crippen molar-refractivity contribution in [1.82, 2.24) is 4.57 Å². The van der Waals surface area contributed by atoms with Crippen LogP contribution in [0.5, 0.6) is 0 Å². The number of rotatable bonds is 7. The van der Waals surface area contributed by atoms with Gasteiger partial charge in [-0.3, -0.25) is 0 Å². The van der Waals surface area contributed by atoms with Crippen LogP contribution >= 0.6 is 11.3 Å². The van der Waals surface area contributed by atoms with Crippen molar-refractivity contribution >= 4 is 81.1 Å². The van der Waals surface area contributed by atoms with Crippen molar-refractivity contribution in [3.63, 3.8) is 0 Å². The van der Waals surface area contributed by atoms with Crippen LogP contribution in [-0.4, -0.2) is 4.57 Å². The Kier molecular flexibility index (Phi) is 8.39. The van der Waals surface area contributed by atoms with Crippen molar-refractivity contribution in [2.24, 2.45) is 0 Å². The molecule has 0 radical (unpaired) electrons. The van der Waals surface area contributed by atoms with E-state index in [1.54, 1.807) is 0 Å². The Morgan fingerprint density at radius 1 is 0.311 bits per heavy atom. The second-order valence-electron chi connectivity index (χ2n) is 15.7. The van der Waals surface area contributed by atoms with Crippen LogP contribution < -0.4 is 4.90 Å². The first-order chi connectivity index (χ1) is 30.2. The van der Waals surface area contributed by atoms with Gasteiger partial charge in [-0.1, -0.05) is 170 Å². The molecule has 10 aromatic carbocycles. The van der Waals surface area contributed by atoms with Gasteiger partial charge >= 0.3 is 0 Å². The zero-order chi connectivity index (χ0) is 40.3. The second kappa shape index (κ2) is 14.5. The Bertz CT molecular complexity index is 3590. The molecule has 0 aliphatic rings. The molecule has 2 nitrogen and oxygen atoms in total. The number of fused-ring (bicyclic) bond motifs is 7. The molecule has 2 heterocycles. The van der Waals surface area contributed by atoms with Gasteiger partial charge in [-0.15, -0.1) is 11.3 Å². The van der Waals surface area contributed by atoms with Crippen molar-refractivity contribution in [2.75, 3.05) is 4.90 Å². The molecule has 286 valence electrons. The minimum absolute atomic E-state index is 1.10. The highest BCUT2D eigenvalue weighted by Gasteiger charge is 2.19. The van der Waals surface area contributed by atoms with E-state index in [4.69, 9.17) is 0 Å². The minimum Gasteiger partial charge on any atom is -0.310 e. The van der Waals surface area contributed by atoms with Crippen LogP contribution in [0.15, 0.2) is 231 Å². The largest absolute Gasteiger partial charge is 0.310 e. The fourth-order valence-electron chi connectivity index (χ4n) is 9.33. The van der Waals surface area contributed by atoms with Crippen LogP contribution in [-0.2, 0) is 0 Å². The highest BCUT2D eigenvalue weighted by atomic mass is 32.1. The van der Waals surface area contributed by atoms with E-state index in [-0.39, 0.29) is 0 Å². The summed E-state index contributed by atoms with van der Waals surface area (Å²) in [6, 6.07) is 84.2. The molecule has 0 bridgehead atoms. The molecular formula is C58H38N2S. The third-order valence-corrected chi connectivity index (χ3v) is 13.3. The van der Waals surface area contributed by atoms with E-state index in [9.17, 15) is 0 Å².